The molecular weight excluding hydrogens is 392 g/mol. The molecule has 7 heteroatoms. The summed E-state index contributed by atoms with van der Waals surface area (Å²) >= 11 is 0. The largest absolute Gasteiger partial charge is 0.496 e. The second-order valence-electron chi connectivity index (χ2n) is 7.13. The zero-order chi connectivity index (χ0) is 21.8. The number of rotatable bonds is 7. The Morgan fingerprint density at radius 1 is 1.06 bits per heavy atom. The second kappa shape index (κ2) is 8.87. The van der Waals surface area contributed by atoms with Crippen LogP contribution in [0.15, 0.2) is 71.8 Å². The minimum Gasteiger partial charge on any atom is -0.496 e. The predicted octanol–water partition coefficient (Wildman–Crippen LogP) is 3.14. The van der Waals surface area contributed by atoms with Crippen molar-refractivity contribution >= 4 is 5.91 Å². The summed E-state index contributed by atoms with van der Waals surface area (Å²) in [5.41, 5.74) is 2.63. The standard InChI is InChI=1S/C24H24N4O3/c1-3-27-15-19(23(29)25-14-13-17-9-7-8-12-21(17)31-2)22-20(16-27)24(30)28(26-22)18-10-5-4-6-11-18/h4-12,15-16H,3,13-14H2,1-2H3,(H,25,29). The highest BCUT2D eigenvalue weighted by Gasteiger charge is 2.24. The molecule has 2 aliphatic heterocycles. The van der Waals surface area contributed by atoms with Crippen LogP contribution < -0.4 is 15.6 Å². The van der Waals surface area contributed by atoms with Crippen molar-refractivity contribution in [3.05, 3.63) is 88.5 Å². The topological polar surface area (TPSA) is 78.2 Å². The molecule has 1 amide bonds. The van der Waals surface area contributed by atoms with E-state index in [1.807, 2.05) is 66.1 Å². The number of aromatic nitrogens is 3. The van der Waals surface area contributed by atoms with Gasteiger partial charge in [0.05, 0.1) is 23.9 Å². The monoisotopic (exact) mass is 416 g/mol. The van der Waals surface area contributed by atoms with Gasteiger partial charge in [0.2, 0.25) is 0 Å². The first-order chi connectivity index (χ1) is 15.1. The van der Waals surface area contributed by atoms with Crippen LogP contribution >= 0.6 is 0 Å². The highest BCUT2D eigenvalue weighted by atomic mass is 16.5. The molecule has 0 spiro atoms. The third kappa shape index (κ3) is 4.07. The molecule has 158 valence electrons. The quantitative estimate of drug-likeness (QED) is 0.502. The first-order valence-corrected chi connectivity index (χ1v) is 10.2. The molecule has 7 nitrogen and oxygen atoms in total. The molecule has 1 N–H and O–H groups in total. The Bertz CT molecular complexity index is 1230. The molecule has 0 radical (unpaired) electrons. The highest BCUT2D eigenvalue weighted by Crippen LogP contribution is 2.22. The van der Waals surface area contributed by atoms with Crippen LogP contribution in [0.1, 0.15) is 22.8 Å². The van der Waals surface area contributed by atoms with Crippen molar-refractivity contribution < 1.29 is 9.53 Å². The Hall–Kier alpha value is -3.87. The Morgan fingerprint density at radius 3 is 2.55 bits per heavy atom. The number of para-hydroxylation sites is 2. The maximum Gasteiger partial charge on any atom is 0.282 e. The highest BCUT2D eigenvalue weighted by molar-refractivity contribution is 5.99. The zero-order valence-electron chi connectivity index (χ0n) is 17.5. The van der Waals surface area contributed by atoms with Gasteiger partial charge in [-0.15, -0.1) is 0 Å². The van der Waals surface area contributed by atoms with E-state index in [0.717, 1.165) is 11.3 Å². The van der Waals surface area contributed by atoms with Crippen LogP contribution in [0.3, 0.4) is 0 Å². The van der Waals surface area contributed by atoms with E-state index in [1.165, 1.54) is 4.68 Å². The molecule has 0 aromatic heterocycles. The van der Waals surface area contributed by atoms with Crippen molar-refractivity contribution in [2.45, 2.75) is 19.9 Å². The van der Waals surface area contributed by atoms with Gasteiger partial charge >= 0.3 is 0 Å². The number of hydrogen-bond acceptors (Lipinski definition) is 4. The molecule has 0 saturated heterocycles. The molecule has 0 fully saturated rings. The van der Waals surface area contributed by atoms with Crippen molar-refractivity contribution in [1.82, 2.24) is 19.7 Å². The van der Waals surface area contributed by atoms with Gasteiger partial charge in [0.1, 0.15) is 11.4 Å². The van der Waals surface area contributed by atoms with Crippen LogP contribution in [0, 0.1) is 0 Å². The smallest absolute Gasteiger partial charge is 0.282 e. The van der Waals surface area contributed by atoms with Gasteiger partial charge < -0.3 is 14.6 Å². The van der Waals surface area contributed by atoms with Crippen LogP contribution in [0.25, 0.3) is 16.9 Å². The van der Waals surface area contributed by atoms with Gasteiger partial charge in [0.25, 0.3) is 11.5 Å². The predicted molar refractivity (Wildman–Crippen MR) is 119 cm³/mol. The van der Waals surface area contributed by atoms with Gasteiger partial charge in [-0.3, -0.25) is 9.59 Å². The number of amides is 1. The third-order valence-corrected chi connectivity index (χ3v) is 5.21. The van der Waals surface area contributed by atoms with Crippen LogP contribution in [0.4, 0.5) is 0 Å². The summed E-state index contributed by atoms with van der Waals surface area (Å²) in [5.74, 6) is 0.528. The van der Waals surface area contributed by atoms with Gasteiger partial charge in [-0.1, -0.05) is 36.4 Å². The Morgan fingerprint density at radius 2 is 1.81 bits per heavy atom. The van der Waals surface area contributed by atoms with Crippen molar-refractivity contribution in [3.63, 3.8) is 0 Å². The Labute approximate surface area is 180 Å². The molecule has 0 unspecified atom stereocenters. The van der Waals surface area contributed by atoms with Gasteiger partial charge in [-0.05, 0) is 37.1 Å². The number of ether oxygens (including phenoxy) is 1. The van der Waals surface area contributed by atoms with E-state index < -0.39 is 0 Å². The van der Waals surface area contributed by atoms with E-state index in [2.05, 4.69) is 10.4 Å². The fourth-order valence-electron chi connectivity index (χ4n) is 3.57. The minimum absolute atomic E-state index is 0.243. The van der Waals surface area contributed by atoms with Crippen LogP contribution in [0.2, 0.25) is 0 Å². The van der Waals surface area contributed by atoms with E-state index in [4.69, 9.17) is 4.74 Å². The van der Waals surface area contributed by atoms with Crippen molar-refractivity contribution in [2.24, 2.45) is 0 Å². The number of benzene rings is 2. The number of nitrogens with one attached hydrogen (secondary N) is 1. The molecule has 0 aliphatic carbocycles. The lowest BCUT2D eigenvalue weighted by Gasteiger charge is -2.12. The Balaban J connectivity index is 1.63. The average Bonchev–Trinajstić information content (AvgIpc) is 3.15. The van der Waals surface area contributed by atoms with E-state index in [1.54, 1.807) is 19.5 Å². The number of carbonyl (C=O) groups is 1. The molecule has 0 atom stereocenters. The van der Waals surface area contributed by atoms with E-state index >= 15 is 0 Å². The molecule has 31 heavy (non-hydrogen) atoms. The van der Waals surface area contributed by atoms with Crippen molar-refractivity contribution in [3.8, 4) is 22.7 Å². The van der Waals surface area contributed by atoms with Gasteiger partial charge in [0.15, 0.2) is 0 Å². The molecule has 2 aromatic rings. The first kappa shape index (κ1) is 20.4. The van der Waals surface area contributed by atoms with E-state index in [0.29, 0.717) is 42.0 Å². The number of carbonyl (C=O) groups excluding carboxylic acids is 1. The molecule has 0 bridgehead atoms. The number of aryl methyl sites for hydroxylation is 1. The van der Waals surface area contributed by atoms with Crippen LogP contribution in [-0.2, 0) is 13.0 Å². The summed E-state index contributed by atoms with van der Waals surface area (Å²) in [6.07, 6.45) is 4.11. The molecule has 4 rings (SSSR count). The summed E-state index contributed by atoms with van der Waals surface area (Å²) in [4.78, 5) is 26.0. The number of methoxy groups -OCH3 is 1. The molecular formula is C24H24N4O3. The lowest BCUT2D eigenvalue weighted by molar-refractivity contribution is 0.0953. The number of nitrogens with zero attached hydrogens (tertiary/aromatic N) is 3. The average molecular weight is 416 g/mol. The molecule has 2 heterocycles. The number of fused-ring (bicyclic) bond motifs is 1. The van der Waals surface area contributed by atoms with E-state index in [-0.39, 0.29) is 11.5 Å². The van der Waals surface area contributed by atoms with Crippen LogP contribution in [-0.4, -0.2) is 33.9 Å². The Kier molecular flexibility index (Phi) is 5.84. The van der Waals surface area contributed by atoms with Gasteiger partial charge in [-0.2, -0.15) is 9.78 Å². The summed E-state index contributed by atoms with van der Waals surface area (Å²) < 4.78 is 8.54. The summed E-state index contributed by atoms with van der Waals surface area (Å²) in [6, 6.07) is 16.9. The molecule has 2 aromatic carbocycles. The number of hydrogen-bond donors (Lipinski definition) is 1. The maximum absolute atomic E-state index is 13.0. The third-order valence-electron chi connectivity index (χ3n) is 5.21. The summed E-state index contributed by atoms with van der Waals surface area (Å²) in [5, 5.41) is 7.43. The normalized spacial score (nSPS) is 10.9. The first-order valence-electron chi connectivity index (χ1n) is 10.2. The zero-order valence-corrected chi connectivity index (χ0v) is 17.5. The molecule has 2 aliphatic rings. The van der Waals surface area contributed by atoms with Gasteiger partial charge in [-0.25, -0.2) is 0 Å². The SMILES string of the molecule is CCn1cc(C(=O)NCCc2ccccc2OC)c2nn(-c3ccccc3)c(=O)c-2c1. The van der Waals surface area contributed by atoms with Gasteiger partial charge in [0, 0.05) is 25.5 Å². The number of pyridine rings is 1. The van der Waals surface area contributed by atoms with Crippen molar-refractivity contribution in [1.29, 1.82) is 0 Å². The fraction of sp³-hybridized carbons (Fsp3) is 0.208. The second-order valence-corrected chi connectivity index (χ2v) is 7.13. The van der Waals surface area contributed by atoms with Crippen LogP contribution in [0.5, 0.6) is 5.75 Å². The lowest BCUT2D eigenvalue weighted by atomic mass is 10.1. The minimum atomic E-state index is -0.264. The summed E-state index contributed by atoms with van der Waals surface area (Å²) in [7, 11) is 1.63. The summed E-state index contributed by atoms with van der Waals surface area (Å²) in [6.45, 7) is 3.03. The maximum atomic E-state index is 13.0. The fourth-order valence-corrected chi connectivity index (χ4v) is 3.57. The van der Waals surface area contributed by atoms with Crippen molar-refractivity contribution in [2.75, 3.05) is 13.7 Å². The molecule has 0 saturated carbocycles. The lowest BCUT2D eigenvalue weighted by Crippen LogP contribution is -2.27. The van der Waals surface area contributed by atoms with E-state index in [9.17, 15) is 9.59 Å².